The zero-order valence-corrected chi connectivity index (χ0v) is 13.3. The lowest BCUT2D eigenvalue weighted by Gasteiger charge is -2.17. The maximum atomic E-state index is 11.9. The third-order valence-corrected chi connectivity index (χ3v) is 3.91. The molecule has 0 saturated carbocycles. The van der Waals surface area contributed by atoms with Gasteiger partial charge in [-0.15, -0.1) is 0 Å². The van der Waals surface area contributed by atoms with Crippen molar-refractivity contribution in [2.75, 3.05) is 5.32 Å². The van der Waals surface area contributed by atoms with E-state index in [1.165, 1.54) is 0 Å². The molecule has 1 atom stereocenters. The van der Waals surface area contributed by atoms with Gasteiger partial charge in [0.2, 0.25) is 5.91 Å². The van der Waals surface area contributed by atoms with E-state index in [-0.39, 0.29) is 11.8 Å². The molecule has 6 heteroatoms. The minimum absolute atomic E-state index is 0.164. The normalized spacial score (nSPS) is 16.5. The molecule has 6 nitrogen and oxygen atoms in total. The maximum absolute atomic E-state index is 11.9. The highest BCUT2D eigenvalue weighted by atomic mass is 16.2. The van der Waals surface area contributed by atoms with Crippen molar-refractivity contribution in [2.45, 2.75) is 33.1 Å². The molecule has 0 heterocycles. The number of benzene rings is 1. The number of rotatable bonds is 2. The Morgan fingerprint density at radius 2 is 1.78 bits per heavy atom. The average Bonchev–Trinajstić information content (AvgIpc) is 2.56. The second-order valence-corrected chi connectivity index (χ2v) is 5.68. The highest BCUT2D eigenvalue weighted by Crippen LogP contribution is 2.17. The molecule has 122 valence electrons. The average molecular weight is 315 g/mol. The van der Waals surface area contributed by atoms with Crippen LogP contribution in [-0.2, 0) is 14.4 Å². The molecule has 0 unspecified atom stereocenters. The third kappa shape index (κ3) is 4.67. The molecule has 0 bridgehead atoms. The molecule has 0 fully saturated rings. The zero-order valence-electron chi connectivity index (χ0n) is 13.3. The van der Waals surface area contributed by atoms with Crippen molar-refractivity contribution in [3.8, 4) is 0 Å². The first-order chi connectivity index (χ1) is 11.0. The number of aryl methyl sites for hydroxylation is 2. The van der Waals surface area contributed by atoms with Gasteiger partial charge in [0.1, 0.15) is 0 Å². The number of allylic oxidation sites excluding steroid dienone is 2. The van der Waals surface area contributed by atoms with Crippen LogP contribution in [0.2, 0.25) is 0 Å². The molecular weight excluding hydrogens is 294 g/mol. The zero-order chi connectivity index (χ0) is 16.8. The van der Waals surface area contributed by atoms with Gasteiger partial charge in [0.05, 0.1) is 0 Å². The van der Waals surface area contributed by atoms with Crippen molar-refractivity contribution >= 4 is 23.4 Å². The molecule has 1 aliphatic rings. The smallest absolute Gasteiger partial charge is 0.318 e. The predicted octanol–water partition coefficient (Wildman–Crippen LogP) is 1.75. The Morgan fingerprint density at radius 1 is 1.00 bits per heavy atom. The van der Waals surface area contributed by atoms with Crippen molar-refractivity contribution in [2.24, 2.45) is 5.92 Å². The van der Waals surface area contributed by atoms with E-state index in [0.29, 0.717) is 12.1 Å². The summed E-state index contributed by atoms with van der Waals surface area (Å²) < 4.78 is 0. The third-order valence-electron chi connectivity index (χ3n) is 3.91. The quantitative estimate of drug-likeness (QED) is 0.441. The van der Waals surface area contributed by atoms with Gasteiger partial charge in [-0.05, 0) is 56.4 Å². The molecule has 0 radical (unpaired) electrons. The Hall–Kier alpha value is -2.63. The molecule has 1 aliphatic carbocycles. The first-order valence-electron chi connectivity index (χ1n) is 7.61. The molecule has 2 rings (SSSR count). The number of hydrazine groups is 1. The Labute approximate surface area is 135 Å². The van der Waals surface area contributed by atoms with E-state index in [4.69, 9.17) is 0 Å². The summed E-state index contributed by atoms with van der Waals surface area (Å²) in [6, 6.07) is 5.37. The van der Waals surface area contributed by atoms with Crippen molar-refractivity contribution in [3.63, 3.8) is 0 Å². The summed E-state index contributed by atoms with van der Waals surface area (Å²) in [5.74, 6) is -2.16. The highest BCUT2D eigenvalue weighted by Gasteiger charge is 2.20. The summed E-state index contributed by atoms with van der Waals surface area (Å²) in [6.07, 6.45) is 6.21. The molecule has 3 amide bonds. The number of hydrogen-bond acceptors (Lipinski definition) is 3. The van der Waals surface area contributed by atoms with Crippen LogP contribution in [-0.4, -0.2) is 17.7 Å². The fourth-order valence-electron chi connectivity index (χ4n) is 2.32. The van der Waals surface area contributed by atoms with Crippen LogP contribution in [0.15, 0.2) is 30.4 Å². The molecule has 0 aliphatic heterocycles. The predicted molar refractivity (Wildman–Crippen MR) is 87.3 cm³/mol. The van der Waals surface area contributed by atoms with Gasteiger partial charge in [-0.1, -0.05) is 18.2 Å². The van der Waals surface area contributed by atoms with E-state index in [0.717, 1.165) is 24.0 Å². The number of carbonyl (C=O) groups excluding carboxylic acids is 3. The van der Waals surface area contributed by atoms with Crippen LogP contribution in [0.4, 0.5) is 5.69 Å². The second kappa shape index (κ2) is 7.58. The topological polar surface area (TPSA) is 87.3 Å². The van der Waals surface area contributed by atoms with Crippen LogP contribution < -0.4 is 16.2 Å². The van der Waals surface area contributed by atoms with Crippen molar-refractivity contribution in [1.82, 2.24) is 10.9 Å². The SMILES string of the molecule is Cc1ccc(NC(=O)C(=O)NNC(=O)[C@@H]2CC=CCC2)cc1C. The van der Waals surface area contributed by atoms with Crippen LogP contribution in [0.1, 0.15) is 30.4 Å². The van der Waals surface area contributed by atoms with E-state index >= 15 is 0 Å². The lowest BCUT2D eigenvalue weighted by Crippen LogP contribution is -2.48. The minimum Gasteiger partial charge on any atom is -0.318 e. The summed E-state index contributed by atoms with van der Waals surface area (Å²) in [5, 5.41) is 2.50. The number of anilines is 1. The lowest BCUT2D eigenvalue weighted by atomic mass is 9.94. The summed E-state index contributed by atoms with van der Waals surface area (Å²) in [4.78, 5) is 35.4. The van der Waals surface area contributed by atoms with Gasteiger partial charge in [0.25, 0.3) is 0 Å². The van der Waals surface area contributed by atoms with Gasteiger partial charge in [0, 0.05) is 11.6 Å². The van der Waals surface area contributed by atoms with Gasteiger partial charge >= 0.3 is 11.8 Å². The fourth-order valence-corrected chi connectivity index (χ4v) is 2.32. The molecule has 1 aromatic carbocycles. The van der Waals surface area contributed by atoms with Gasteiger partial charge in [0.15, 0.2) is 0 Å². The van der Waals surface area contributed by atoms with Crippen LogP contribution in [0.25, 0.3) is 0 Å². The number of nitrogens with one attached hydrogen (secondary N) is 3. The van der Waals surface area contributed by atoms with Crippen LogP contribution in [0.3, 0.4) is 0 Å². The lowest BCUT2D eigenvalue weighted by molar-refractivity contribution is -0.138. The van der Waals surface area contributed by atoms with Gasteiger partial charge in [-0.2, -0.15) is 0 Å². The number of amides is 3. The van der Waals surface area contributed by atoms with E-state index in [1.807, 2.05) is 32.1 Å². The van der Waals surface area contributed by atoms with Gasteiger partial charge in [-0.3, -0.25) is 25.2 Å². The fraction of sp³-hybridized carbons (Fsp3) is 0.353. The Kier molecular flexibility index (Phi) is 5.51. The summed E-state index contributed by atoms with van der Waals surface area (Å²) in [6.45, 7) is 3.88. The van der Waals surface area contributed by atoms with Crippen molar-refractivity contribution in [1.29, 1.82) is 0 Å². The van der Waals surface area contributed by atoms with E-state index < -0.39 is 11.8 Å². The Bertz CT molecular complexity index is 652. The van der Waals surface area contributed by atoms with Crippen LogP contribution >= 0.6 is 0 Å². The summed E-state index contributed by atoms with van der Waals surface area (Å²) in [7, 11) is 0. The highest BCUT2D eigenvalue weighted by molar-refractivity contribution is 6.39. The summed E-state index contributed by atoms with van der Waals surface area (Å²) in [5.41, 5.74) is 7.11. The van der Waals surface area contributed by atoms with Crippen LogP contribution in [0.5, 0.6) is 0 Å². The molecule has 3 N–H and O–H groups in total. The Balaban J connectivity index is 1.82. The maximum Gasteiger partial charge on any atom is 0.328 e. The summed E-state index contributed by atoms with van der Waals surface area (Å²) >= 11 is 0. The largest absolute Gasteiger partial charge is 0.328 e. The second-order valence-electron chi connectivity index (χ2n) is 5.68. The first kappa shape index (κ1) is 16.7. The van der Waals surface area contributed by atoms with Crippen molar-refractivity contribution in [3.05, 3.63) is 41.5 Å². The Morgan fingerprint density at radius 3 is 2.43 bits per heavy atom. The molecule has 0 aromatic heterocycles. The van der Waals surface area contributed by atoms with E-state index in [2.05, 4.69) is 16.2 Å². The van der Waals surface area contributed by atoms with E-state index in [1.54, 1.807) is 12.1 Å². The standard InChI is InChI=1S/C17H21N3O3/c1-11-8-9-14(10-12(11)2)18-16(22)17(23)20-19-15(21)13-6-4-3-5-7-13/h3-4,8-10,13H,5-7H2,1-2H3,(H,18,22)(H,19,21)(H,20,23)/t13-/m1/s1. The van der Waals surface area contributed by atoms with Crippen LogP contribution in [0, 0.1) is 19.8 Å². The number of carbonyl (C=O) groups is 3. The number of hydrogen-bond donors (Lipinski definition) is 3. The molecule has 0 spiro atoms. The molecule has 23 heavy (non-hydrogen) atoms. The van der Waals surface area contributed by atoms with Gasteiger partial charge < -0.3 is 5.32 Å². The molecule has 0 saturated heterocycles. The molecular formula is C17H21N3O3. The monoisotopic (exact) mass is 315 g/mol. The first-order valence-corrected chi connectivity index (χ1v) is 7.61. The van der Waals surface area contributed by atoms with E-state index in [9.17, 15) is 14.4 Å². The van der Waals surface area contributed by atoms with Gasteiger partial charge in [-0.25, -0.2) is 0 Å². The minimum atomic E-state index is -0.900. The molecule has 1 aromatic rings. The van der Waals surface area contributed by atoms with Crippen molar-refractivity contribution < 1.29 is 14.4 Å².